The molecular formula is C15H24ClN3. The highest BCUT2D eigenvalue weighted by molar-refractivity contribution is 6.31. The summed E-state index contributed by atoms with van der Waals surface area (Å²) < 4.78 is 0. The summed E-state index contributed by atoms with van der Waals surface area (Å²) in [4.78, 5) is 6.54. The molecular weight excluding hydrogens is 258 g/mol. The molecule has 4 heteroatoms. The van der Waals surface area contributed by atoms with Gasteiger partial charge >= 0.3 is 0 Å². The fourth-order valence-corrected chi connectivity index (χ4v) is 1.88. The zero-order valence-corrected chi connectivity index (χ0v) is 12.9. The van der Waals surface area contributed by atoms with Crippen LogP contribution in [0.25, 0.3) is 0 Å². The van der Waals surface area contributed by atoms with Crippen molar-refractivity contribution in [2.45, 2.75) is 39.3 Å². The van der Waals surface area contributed by atoms with Gasteiger partial charge in [0.15, 0.2) is 0 Å². The van der Waals surface area contributed by atoms with Gasteiger partial charge in [0, 0.05) is 32.4 Å². The van der Waals surface area contributed by atoms with E-state index in [0.29, 0.717) is 6.04 Å². The van der Waals surface area contributed by atoms with Crippen LogP contribution in [0.5, 0.6) is 0 Å². The Morgan fingerprint density at radius 2 is 2.26 bits per heavy atom. The first-order chi connectivity index (χ1) is 9.04. The molecule has 0 unspecified atom stereocenters. The molecule has 1 rings (SSSR count). The minimum atomic E-state index is 0.443. The summed E-state index contributed by atoms with van der Waals surface area (Å²) >= 11 is 6.18. The van der Waals surface area contributed by atoms with Crippen molar-refractivity contribution in [3.63, 3.8) is 0 Å². The summed E-state index contributed by atoms with van der Waals surface area (Å²) in [5, 5.41) is 4.10. The Balaban J connectivity index is 2.68. The zero-order chi connectivity index (χ0) is 14.3. The van der Waals surface area contributed by atoms with E-state index in [0.717, 1.165) is 42.3 Å². The van der Waals surface area contributed by atoms with Crippen LogP contribution in [0.1, 0.15) is 32.3 Å². The number of allylic oxidation sites excluding steroid dienone is 1. The van der Waals surface area contributed by atoms with Gasteiger partial charge in [0.05, 0.1) is 5.02 Å². The topological polar surface area (TPSA) is 28.2 Å². The Morgan fingerprint density at radius 1 is 1.53 bits per heavy atom. The maximum absolute atomic E-state index is 6.18. The Kier molecular flexibility index (Phi) is 6.89. The highest BCUT2D eigenvalue weighted by Gasteiger charge is 2.07. The molecule has 0 saturated carbocycles. The van der Waals surface area contributed by atoms with Crippen LogP contribution in [0.2, 0.25) is 5.02 Å². The zero-order valence-electron chi connectivity index (χ0n) is 12.1. The SMILES string of the molecule is C=CCCCN(C)c1cc(CNC(C)C)c(Cl)cn1. The van der Waals surface area contributed by atoms with Crippen molar-refractivity contribution in [2.75, 3.05) is 18.5 Å². The Hall–Kier alpha value is -1.06. The van der Waals surface area contributed by atoms with Gasteiger partial charge in [-0.25, -0.2) is 4.98 Å². The van der Waals surface area contributed by atoms with Crippen LogP contribution in [0.3, 0.4) is 0 Å². The third kappa shape index (κ3) is 5.62. The van der Waals surface area contributed by atoms with E-state index < -0.39 is 0 Å². The molecule has 0 aliphatic rings. The first-order valence-corrected chi connectivity index (χ1v) is 7.12. The molecule has 0 amide bonds. The summed E-state index contributed by atoms with van der Waals surface area (Å²) in [5.41, 5.74) is 1.09. The average molecular weight is 282 g/mol. The fraction of sp³-hybridized carbons (Fsp3) is 0.533. The van der Waals surface area contributed by atoms with Crippen molar-refractivity contribution in [1.29, 1.82) is 0 Å². The molecule has 0 bridgehead atoms. The predicted octanol–water partition coefficient (Wildman–Crippen LogP) is 3.64. The van der Waals surface area contributed by atoms with E-state index in [2.05, 4.69) is 48.7 Å². The molecule has 1 N–H and O–H groups in total. The van der Waals surface area contributed by atoms with Gasteiger partial charge in [0.25, 0.3) is 0 Å². The van der Waals surface area contributed by atoms with Gasteiger partial charge in [-0.1, -0.05) is 31.5 Å². The molecule has 1 aromatic heterocycles. The number of anilines is 1. The van der Waals surface area contributed by atoms with E-state index >= 15 is 0 Å². The van der Waals surface area contributed by atoms with Crippen molar-refractivity contribution in [1.82, 2.24) is 10.3 Å². The highest BCUT2D eigenvalue weighted by atomic mass is 35.5. The lowest BCUT2D eigenvalue weighted by molar-refractivity contribution is 0.588. The van der Waals surface area contributed by atoms with Crippen LogP contribution in [0.4, 0.5) is 5.82 Å². The van der Waals surface area contributed by atoms with Crippen molar-refractivity contribution >= 4 is 17.4 Å². The first kappa shape index (κ1) is 16.0. The highest BCUT2D eigenvalue weighted by Crippen LogP contribution is 2.20. The number of nitrogens with zero attached hydrogens (tertiary/aromatic N) is 2. The lowest BCUT2D eigenvalue weighted by Gasteiger charge is -2.19. The number of rotatable bonds is 8. The second kappa shape index (κ2) is 8.18. The number of halogens is 1. The average Bonchev–Trinajstić information content (AvgIpc) is 2.37. The van der Waals surface area contributed by atoms with Crippen LogP contribution < -0.4 is 10.2 Å². The van der Waals surface area contributed by atoms with Gasteiger partial charge in [0.2, 0.25) is 0 Å². The number of hydrogen-bond donors (Lipinski definition) is 1. The molecule has 0 aliphatic heterocycles. The number of unbranched alkanes of at least 4 members (excludes halogenated alkanes) is 1. The van der Waals surface area contributed by atoms with Crippen LogP contribution in [0.15, 0.2) is 24.9 Å². The smallest absolute Gasteiger partial charge is 0.128 e. The second-order valence-electron chi connectivity index (χ2n) is 5.02. The van der Waals surface area contributed by atoms with Crippen LogP contribution >= 0.6 is 11.6 Å². The van der Waals surface area contributed by atoms with Crippen LogP contribution in [-0.2, 0) is 6.54 Å². The second-order valence-corrected chi connectivity index (χ2v) is 5.43. The number of aromatic nitrogens is 1. The molecule has 0 aromatic carbocycles. The molecule has 0 atom stereocenters. The van der Waals surface area contributed by atoms with E-state index in [9.17, 15) is 0 Å². The monoisotopic (exact) mass is 281 g/mol. The first-order valence-electron chi connectivity index (χ1n) is 6.74. The normalized spacial score (nSPS) is 10.8. The van der Waals surface area contributed by atoms with E-state index in [1.54, 1.807) is 6.20 Å². The number of pyridine rings is 1. The van der Waals surface area contributed by atoms with Gasteiger partial charge in [-0.15, -0.1) is 6.58 Å². The third-order valence-electron chi connectivity index (χ3n) is 2.91. The molecule has 0 radical (unpaired) electrons. The Labute approximate surface area is 121 Å². The largest absolute Gasteiger partial charge is 0.360 e. The van der Waals surface area contributed by atoms with Crippen molar-refractivity contribution < 1.29 is 0 Å². The standard InChI is InChI=1S/C15H24ClN3/c1-5-6-7-8-19(4)15-9-13(10-17-12(2)3)14(16)11-18-15/h5,9,11-12,17H,1,6-8,10H2,2-4H3. The Morgan fingerprint density at radius 3 is 2.89 bits per heavy atom. The maximum atomic E-state index is 6.18. The molecule has 3 nitrogen and oxygen atoms in total. The van der Waals surface area contributed by atoms with E-state index in [4.69, 9.17) is 11.6 Å². The molecule has 1 heterocycles. The molecule has 0 aliphatic carbocycles. The quantitative estimate of drug-likeness (QED) is 0.582. The van der Waals surface area contributed by atoms with E-state index in [-0.39, 0.29) is 0 Å². The van der Waals surface area contributed by atoms with E-state index in [1.165, 1.54) is 0 Å². The minimum Gasteiger partial charge on any atom is -0.360 e. The lowest BCUT2D eigenvalue weighted by atomic mass is 10.2. The number of nitrogens with one attached hydrogen (secondary N) is 1. The summed E-state index contributed by atoms with van der Waals surface area (Å²) in [6.07, 6.45) is 5.79. The number of hydrogen-bond acceptors (Lipinski definition) is 3. The van der Waals surface area contributed by atoms with Gasteiger partial charge in [-0.3, -0.25) is 0 Å². The van der Waals surface area contributed by atoms with Crippen molar-refractivity contribution in [2.24, 2.45) is 0 Å². The van der Waals surface area contributed by atoms with Gasteiger partial charge in [-0.05, 0) is 24.5 Å². The maximum Gasteiger partial charge on any atom is 0.128 e. The molecule has 106 valence electrons. The van der Waals surface area contributed by atoms with Crippen LogP contribution in [-0.4, -0.2) is 24.6 Å². The molecule has 0 spiro atoms. The molecule has 19 heavy (non-hydrogen) atoms. The third-order valence-corrected chi connectivity index (χ3v) is 3.25. The molecule has 0 saturated heterocycles. The van der Waals surface area contributed by atoms with Crippen molar-refractivity contribution in [3.05, 3.63) is 35.5 Å². The lowest BCUT2D eigenvalue weighted by Crippen LogP contribution is -2.23. The molecule has 0 fully saturated rings. The fourth-order valence-electron chi connectivity index (χ4n) is 1.71. The summed E-state index contributed by atoms with van der Waals surface area (Å²) in [7, 11) is 2.05. The van der Waals surface area contributed by atoms with E-state index in [1.807, 2.05) is 6.08 Å². The van der Waals surface area contributed by atoms with Gasteiger partial charge < -0.3 is 10.2 Å². The van der Waals surface area contributed by atoms with Crippen LogP contribution in [0, 0.1) is 0 Å². The Bertz CT molecular complexity index is 404. The molecule has 1 aromatic rings. The summed E-state index contributed by atoms with van der Waals surface area (Å²) in [6.45, 7) is 9.72. The van der Waals surface area contributed by atoms with Gasteiger partial charge in [0.1, 0.15) is 5.82 Å². The predicted molar refractivity (Wildman–Crippen MR) is 83.9 cm³/mol. The minimum absolute atomic E-state index is 0.443. The summed E-state index contributed by atoms with van der Waals surface area (Å²) in [5.74, 6) is 0.967. The van der Waals surface area contributed by atoms with Crippen molar-refractivity contribution in [3.8, 4) is 0 Å². The summed E-state index contributed by atoms with van der Waals surface area (Å²) in [6, 6.07) is 2.50. The van der Waals surface area contributed by atoms with Gasteiger partial charge in [-0.2, -0.15) is 0 Å².